The maximum Gasteiger partial charge on any atom is 0.260 e. The summed E-state index contributed by atoms with van der Waals surface area (Å²) in [5.74, 6) is 1.03. The molecule has 5 heteroatoms. The van der Waals surface area contributed by atoms with Crippen molar-refractivity contribution in [2.45, 2.75) is 78.7 Å². The Morgan fingerprint density at radius 3 is 2.34 bits per heavy atom. The zero-order valence-corrected chi connectivity index (χ0v) is 19.0. The number of ether oxygens (including phenoxy) is 1. The number of amides is 2. The SMILES string of the molecule is CCC(CC)C(=O)NC1CCN(C(=O)COc2ccc(C)cc2C(C)(C)C)CC1. The molecule has 0 aromatic heterocycles. The minimum absolute atomic E-state index is 0.00945. The highest BCUT2D eigenvalue weighted by Crippen LogP contribution is 2.32. The molecule has 0 unspecified atom stereocenters. The summed E-state index contributed by atoms with van der Waals surface area (Å²) in [6.07, 6.45) is 3.34. The van der Waals surface area contributed by atoms with Gasteiger partial charge in [0.15, 0.2) is 6.61 Å². The number of piperidine rings is 1. The van der Waals surface area contributed by atoms with Crippen molar-refractivity contribution in [1.82, 2.24) is 10.2 Å². The van der Waals surface area contributed by atoms with E-state index in [2.05, 4.69) is 39.1 Å². The Kier molecular flexibility index (Phi) is 8.12. The third-order valence-electron chi connectivity index (χ3n) is 5.84. The van der Waals surface area contributed by atoms with Crippen LogP contribution in [0.15, 0.2) is 18.2 Å². The molecule has 5 nitrogen and oxygen atoms in total. The number of carbonyl (C=O) groups is 2. The average molecular weight is 403 g/mol. The van der Waals surface area contributed by atoms with E-state index in [-0.39, 0.29) is 35.8 Å². The lowest BCUT2D eigenvalue weighted by Crippen LogP contribution is -2.48. The van der Waals surface area contributed by atoms with Crippen molar-refractivity contribution in [3.8, 4) is 5.75 Å². The summed E-state index contributed by atoms with van der Waals surface area (Å²) in [6.45, 7) is 14.0. The van der Waals surface area contributed by atoms with E-state index < -0.39 is 0 Å². The zero-order chi connectivity index (χ0) is 21.6. The number of rotatable bonds is 7. The number of benzene rings is 1. The maximum absolute atomic E-state index is 12.6. The van der Waals surface area contributed by atoms with Crippen molar-refractivity contribution < 1.29 is 14.3 Å². The molecule has 1 aromatic rings. The molecule has 0 atom stereocenters. The monoisotopic (exact) mass is 402 g/mol. The largest absolute Gasteiger partial charge is 0.483 e. The first kappa shape index (κ1) is 23.2. The molecule has 2 amide bonds. The standard InChI is InChI=1S/C24H38N2O3/c1-7-18(8-2)23(28)25-19-11-13-26(14-12-19)22(27)16-29-21-10-9-17(3)15-20(21)24(4,5)6/h9-10,15,18-19H,7-8,11-14,16H2,1-6H3,(H,25,28). The summed E-state index contributed by atoms with van der Waals surface area (Å²) >= 11 is 0. The van der Waals surface area contributed by atoms with Gasteiger partial charge in [0.05, 0.1) is 0 Å². The molecular weight excluding hydrogens is 364 g/mol. The Morgan fingerprint density at radius 1 is 1.17 bits per heavy atom. The molecular formula is C24H38N2O3. The Hall–Kier alpha value is -2.04. The first-order valence-electron chi connectivity index (χ1n) is 11.0. The molecule has 1 aliphatic rings. The molecule has 1 aliphatic heterocycles. The third kappa shape index (κ3) is 6.48. The van der Waals surface area contributed by atoms with Gasteiger partial charge in [-0.2, -0.15) is 0 Å². The molecule has 0 radical (unpaired) electrons. The fraction of sp³-hybridized carbons (Fsp3) is 0.667. The quantitative estimate of drug-likeness (QED) is 0.743. The maximum atomic E-state index is 12.6. The van der Waals surface area contributed by atoms with Crippen LogP contribution in [0.5, 0.6) is 5.75 Å². The van der Waals surface area contributed by atoms with E-state index in [4.69, 9.17) is 4.74 Å². The first-order valence-corrected chi connectivity index (χ1v) is 11.0. The third-order valence-corrected chi connectivity index (χ3v) is 5.84. The van der Waals surface area contributed by atoms with Gasteiger partial charge in [-0.3, -0.25) is 9.59 Å². The van der Waals surface area contributed by atoms with Gasteiger partial charge < -0.3 is 15.0 Å². The van der Waals surface area contributed by atoms with E-state index in [9.17, 15) is 9.59 Å². The summed E-state index contributed by atoms with van der Waals surface area (Å²) in [5.41, 5.74) is 2.26. The first-order chi connectivity index (χ1) is 13.7. The highest BCUT2D eigenvalue weighted by Gasteiger charge is 2.26. The smallest absolute Gasteiger partial charge is 0.260 e. The number of aryl methyl sites for hydroxylation is 1. The van der Waals surface area contributed by atoms with Crippen LogP contribution in [-0.2, 0) is 15.0 Å². The van der Waals surface area contributed by atoms with E-state index in [0.29, 0.717) is 13.1 Å². The van der Waals surface area contributed by atoms with Crippen LogP contribution in [0.4, 0.5) is 0 Å². The van der Waals surface area contributed by atoms with Gasteiger partial charge in [0.2, 0.25) is 5.91 Å². The summed E-state index contributed by atoms with van der Waals surface area (Å²) in [4.78, 5) is 26.8. The van der Waals surface area contributed by atoms with Gasteiger partial charge in [-0.15, -0.1) is 0 Å². The van der Waals surface area contributed by atoms with Crippen molar-refractivity contribution >= 4 is 11.8 Å². The predicted octanol–water partition coefficient (Wildman–Crippen LogP) is 4.21. The molecule has 1 aromatic carbocycles. The van der Waals surface area contributed by atoms with Gasteiger partial charge >= 0.3 is 0 Å². The lowest BCUT2D eigenvalue weighted by atomic mass is 9.85. The van der Waals surface area contributed by atoms with Crippen molar-refractivity contribution in [3.05, 3.63) is 29.3 Å². The van der Waals surface area contributed by atoms with Gasteiger partial charge in [-0.25, -0.2) is 0 Å². The molecule has 29 heavy (non-hydrogen) atoms. The number of likely N-dealkylation sites (tertiary alicyclic amines) is 1. The van der Waals surface area contributed by atoms with Gasteiger partial charge in [-0.1, -0.05) is 52.3 Å². The lowest BCUT2D eigenvalue weighted by Gasteiger charge is -2.33. The van der Waals surface area contributed by atoms with Crippen LogP contribution >= 0.6 is 0 Å². The van der Waals surface area contributed by atoms with Crippen molar-refractivity contribution in [2.24, 2.45) is 5.92 Å². The predicted molar refractivity (Wildman–Crippen MR) is 117 cm³/mol. The normalized spacial score (nSPS) is 15.5. The van der Waals surface area contributed by atoms with E-state index in [1.54, 1.807) is 0 Å². The number of carbonyl (C=O) groups excluding carboxylic acids is 2. The molecule has 0 bridgehead atoms. The molecule has 162 valence electrons. The van der Waals surface area contributed by atoms with Crippen LogP contribution < -0.4 is 10.1 Å². The second-order valence-corrected chi connectivity index (χ2v) is 9.22. The van der Waals surface area contributed by atoms with Gasteiger partial charge in [0, 0.05) is 25.0 Å². The van der Waals surface area contributed by atoms with Gasteiger partial charge in [-0.05, 0) is 49.7 Å². The fourth-order valence-corrected chi connectivity index (χ4v) is 3.84. The van der Waals surface area contributed by atoms with E-state index in [1.165, 1.54) is 5.56 Å². The summed E-state index contributed by atoms with van der Waals surface area (Å²) < 4.78 is 5.92. The van der Waals surface area contributed by atoms with Crippen molar-refractivity contribution in [2.75, 3.05) is 19.7 Å². The molecule has 1 fully saturated rings. The molecule has 1 saturated heterocycles. The van der Waals surface area contributed by atoms with E-state index in [1.807, 2.05) is 30.9 Å². The number of nitrogens with one attached hydrogen (secondary N) is 1. The zero-order valence-electron chi connectivity index (χ0n) is 19.0. The van der Waals surface area contributed by atoms with E-state index in [0.717, 1.165) is 37.0 Å². The van der Waals surface area contributed by atoms with Crippen LogP contribution in [0.1, 0.15) is 71.4 Å². The molecule has 1 heterocycles. The number of hydrogen-bond acceptors (Lipinski definition) is 3. The Labute approximate surface area is 176 Å². The second-order valence-electron chi connectivity index (χ2n) is 9.22. The van der Waals surface area contributed by atoms with E-state index >= 15 is 0 Å². The topological polar surface area (TPSA) is 58.6 Å². The van der Waals surface area contributed by atoms with Crippen LogP contribution in [-0.4, -0.2) is 42.5 Å². The second kappa shape index (κ2) is 10.1. The van der Waals surface area contributed by atoms with Gasteiger partial charge in [0.25, 0.3) is 5.91 Å². The van der Waals surface area contributed by atoms with Crippen molar-refractivity contribution in [3.63, 3.8) is 0 Å². The Balaban J connectivity index is 1.86. The highest BCUT2D eigenvalue weighted by molar-refractivity contribution is 5.79. The summed E-state index contributed by atoms with van der Waals surface area (Å²) in [7, 11) is 0. The van der Waals surface area contributed by atoms with Crippen molar-refractivity contribution in [1.29, 1.82) is 0 Å². The van der Waals surface area contributed by atoms with Crippen LogP contribution in [0.2, 0.25) is 0 Å². The van der Waals surface area contributed by atoms with Crippen LogP contribution in [0.25, 0.3) is 0 Å². The summed E-state index contributed by atoms with van der Waals surface area (Å²) in [6, 6.07) is 6.28. The number of nitrogens with zero attached hydrogens (tertiary/aromatic N) is 1. The minimum atomic E-state index is -0.0458. The number of hydrogen-bond donors (Lipinski definition) is 1. The van der Waals surface area contributed by atoms with Gasteiger partial charge in [0.1, 0.15) is 5.75 Å². The molecule has 1 N–H and O–H groups in total. The molecule has 0 spiro atoms. The Bertz CT molecular complexity index is 697. The average Bonchev–Trinajstić information content (AvgIpc) is 2.67. The lowest BCUT2D eigenvalue weighted by molar-refractivity contribution is -0.134. The molecule has 0 aliphatic carbocycles. The minimum Gasteiger partial charge on any atom is -0.483 e. The Morgan fingerprint density at radius 2 is 1.79 bits per heavy atom. The molecule has 2 rings (SSSR count). The van der Waals surface area contributed by atoms with Crippen LogP contribution in [0, 0.1) is 12.8 Å². The fourth-order valence-electron chi connectivity index (χ4n) is 3.84. The highest BCUT2D eigenvalue weighted by atomic mass is 16.5. The summed E-state index contributed by atoms with van der Waals surface area (Å²) in [5, 5.41) is 3.16. The van der Waals surface area contributed by atoms with Crippen LogP contribution in [0.3, 0.4) is 0 Å². The molecule has 0 saturated carbocycles.